The quantitative estimate of drug-likeness (QED) is 0.792. The Hall–Kier alpha value is -1.57. The highest BCUT2D eigenvalue weighted by molar-refractivity contribution is 5.97. The van der Waals surface area contributed by atoms with E-state index in [9.17, 15) is 18.0 Å². The molecule has 8 heteroatoms. The summed E-state index contributed by atoms with van der Waals surface area (Å²) in [5, 5.41) is 3.92. The van der Waals surface area contributed by atoms with Crippen LogP contribution in [0.15, 0.2) is 0 Å². The van der Waals surface area contributed by atoms with Crippen molar-refractivity contribution in [2.45, 2.75) is 70.6 Å². The number of nitrogens with zero attached hydrogens (tertiary/aromatic N) is 4. The Morgan fingerprint density at radius 1 is 1.19 bits per heavy atom. The number of amides is 1. The maximum atomic E-state index is 13.7. The van der Waals surface area contributed by atoms with Crippen molar-refractivity contribution < 1.29 is 18.0 Å². The van der Waals surface area contributed by atoms with E-state index < -0.39 is 17.8 Å². The SMILES string of the molecule is CCC1CCCCN1C(=O)c1c(C(F)(F)F)nn(C2CCCN(C)C2)c1C. The molecular weight excluding hydrogens is 357 g/mol. The Morgan fingerprint density at radius 2 is 1.93 bits per heavy atom. The molecule has 2 aliphatic heterocycles. The Morgan fingerprint density at radius 3 is 2.56 bits per heavy atom. The Balaban J connectivity index is 2.01. The molecule has 3 heterocycles. The van der Waals surface area contributed by atoms with Gasteiger partial charge in [-0.3, -0.25) is 9.48 Å². The van der Waals surface area contributed by atoms with E-state index in [1.807, 2.05) is 14.0 Å². The van der Waals surface area contributed by atoms with Crippen LogP contribution in [0.5, 0.6) is 0 Å². The molecule has 0 spiro atoms. The molecule has 1 amide bonds. The molecule has 2 atom stereocenters. The monoisotopic (exact) mass is 386 g/mol. The minimum Gasteiger partial charge on any atom is -0.336 e. The average molecular weight is 386 g/mol. The molecule has 2 unspecified atom stereocenters. The van der Waals surface area contributed by atoms with Crippen LogP contribution < -0.4 is 0 Å². The number of alkyl halides is 3. The van der Waals surface area contributed by atoms with E-state index in [1.165, 1.54) is 4.68 Å². The molecule has 0 N–H and O–H groups in total. The van der Waals surface area contributed by atoms with E-state index in [0.29, 0.717) is 18.8 Å². The average Bonchev–Trinajstić information content (AvgIpc) is 2.98. The van der Waals surface area contributed by atoms with Crippen LogP contribution in [0.1, 0.15) is 73.2 Å². The van der Waals surface area contributed by atoms with Gasteiger partial charge < -0.3 is 9.80 Å². The van der Waals surface area contributed by atoms with Crippen molar-refractivity contribution >= 4 is 5.91 Å². The predicted molar refractivity (Wildman–Crippen MR) is 96.7 cm³/mol. The Bertz CT molecular complexity index is 685. The van der Waals surface area contributed by atoms with Crippen molar-refractivity contribution in [3.8, 4) is 0 Å². The van der Waals surface area contributed by atoms with E-state index in [4.69, 9.17) is 0 Å². The van der Waals surface area contributed by atoms with Crippen molar-refractivity contribution in [2.24, 2.45) is 0 Å². The summed E-state index contributed by atoms with van der Waals surface area (Å²) in [5.74, 6) is -0.512. The molecule has 2 saturated heterocycles. The first-order valence-electron chi connectivity index (χ1n) is 9.89. The maximum absolute atomic E-state index is 13.7. The highest BCUT2D eigenvalue weighted by atomic mass is 19.4. The van der Waals surface area contributed by atoms with Gasteiger partial charge in [-0.2, -0.15) is 18.3 Å². The molecule has 5 nitrogen and oxygen atoms in total. The normalized spacial score (nSPS) is 25.0. The molecule has 1 aromatic heterocycles. The second-order valence-electron chi connectivity index (χ2n) is 7.87. The van der Waals surface area contributed by atoms with E-state index in [-0.39, 0.29) is 17.6 Å². The van der Waals surface area contributed by atoms with Crippen molar-refractivity contribution in [1.29, 1.82) is 0 Å². The predicted octanol–water partition coefficient (Wildman–Crippen LogP) is 3.88. The molecule has 3 rings (SSSR count). The van der Waals surface area contributed by atoms with Crippen LogP contribution in [0.2, 0.25) is 0 Å². The minimum absolute atomic E-state index is 0.0101. The topological polar surface area (TPSA) is 41.4 Å². The summed E-state index contributed by atoms with van der Waals surface area (Å²) in [6, 6.07) is -0.120. The van der Waals surface area contributed by atoms with Gasteiger partial charge in [-0.25, -0.2) is 0 Å². The minimum atomic E-state index is -4.64. The van der Waals surface area contributed by atoms with E-state index >= 15 is 0 Å². The summed E-state index contributed by atoms with van der Waals surface area (Å²) >= 11 is 0. The van der Waals surface area contributed by atoms with Crippen molar-refractivity contribution in [1.82, 2.24) is 19.6 Å². The molecule has 0 aromatic carbocycles. The molecule has 2 aliphatic rings. The number of carbonyl (C=O) groups is 1. The van der Waals surface area contributed by atoms with Gasteiger partial charge in [-0.05, 0) is 59.0 Å². The lowest BCUT2D eigenvalue weighted by Gasteiger charge is -2.35. The van der Waals surface area contributed by atoms with Gasteiger partial charge in [-0.15, -0.1) is 0 Å². The van der Waals surface area contributed by atoms with Crippen LogP contribution >= 0.6 is 0 Å². The third-order valence-electron chi connectivity index (χ3n) is 5.94. The van der Waals surface area contributed by atoms with Gasteiger partial charge in [0, 0.05) is 24.8 Å². The molecule has 27 heavy (non-hydrogen) atoms. The largest absolute Gasteiger partial charge is 0.435 e. The van der Waals surface area contributed by atoms with Crippen LogP contribution in [-0.4, -0.2) is 58.2 Å². The number of rotatable bonds is 3. The van der Waals surface area contributed by atoms with E-state index in [1.54, 1.807) is 11.8 Å². The first-order chi connectivity index (χ1) is 12.7. The number of halogens is 3. The summed E-state index contributed by atoms with van der Waals surface area (Å²) in [7, 11) is 1.96. The van der Waals surface area contributed by atoms with Crippen molar-refractivity contribution in [3.63, 3.8) is 0 Å². The maximum Gasteiger partial charge on any atom is 0.435 e. The first-order valence-corrected chi connectivity index (χ1v) is 9.89. The first kappa shape index (κ1) is 20.2. The number of hydrogen-bond acceptors (Lipinski definition) is 3. The molecule has 0 saturated carbocycles. The standard InChI is InChI=1S/C19H29F3N4O/c1-4-14-8-5-6-11-25(14)18(27)16-13(2)26(23-17(16)19(20,21)22)15-9-7-10-24(3)12-15/h14-15H,4-12H2,1-3H3. The fraction of sp³-hybridized carbons (Fsp3) is 0.789. The Kier molecular flexibility index (Phi) is 5.84. The van der Waals surface area contributed by atoms with Gasteiger partial charge in [0.2, 0.25) is 0 Å². The lowest BCUT2D eigenvalue weighted by Crippen LogP contribution is -2.44. The van der Waals surface area contributed by atoms with Gasteiger partial charge in [-0.1, -0.05) is 6.92 Å². The molecule has 0 bridgehead atoms. The summed E-state index contributed by atoms with van der Waals surface area (Å²) in [4.78, 5) is 16.9. The summed E-state index contributed by atoms with van der Waals surface area (Å²) in [6.07, 6.45) is 0.510. The molecular formula is C19H29F3N4O. The van der Waals surface area contributed by atoms with Gasteiger partial charge in [0.25, 0.3) is 5.91 Å². The zero-order valence-corrected chi connectivity index (χ0v) is 16.3. The fourth-order valence-corrected chi connectivity index (χ4v) is 4.50. The van der Waals surface area contributed by atoms with Crippen LogP contribution in [0.25, 0.3) is 0 Å². The second-order valence-corrected chi connectivity index (χ2v) is 7.87. The van der Waals surface area contributed by atoms with Gasteiger partial charge in [0.1, 0.15) is 0 Å². The van der Waals surface area contributed by atoms with Crippen LogP contribution in [-0.2, 0) is 6.18 Å². The highest BCUT2D eigenvalue weighted by Gasteiger charge is 2.43. The third-order valence-corrected chi connectivity index (χ3v) is 5.94. The van der Waals surface area contributed by atoms with Crippen molar-refractivity contribution in [3.05, 3.63) is 17.0 Å². The van der Waals surface area contributed by atoms with Gasteiger partial charge in [0.15, 0.2) is 5.69 Å². The Labute approximate surface area is 158 Å². The number of piperidine rings is 2. The zero-order valence-electron chi connectivity index (χ0n) is 16.3. The number of hydrogen-bond donors (Lipinski definition) is 0. The summed E-state index contributed by atoms with van der Waals surface area (Å²) < 4.78 is 42.7. The molecule has 2 fully saturated rings. The smallest absolute Gasteiger partial charge is 0.336 e. The van der Waals surface area contributed by atoms with Gasteiger partial charge in [0.05, 0.1) is 11.6 Å². The zero-order chi connectivity index (χ0) is 19.8. The highest BCUT2D eigenvalue weighted by Crippen LogP contribution is 2.36. The van der Waals surface area contributed by atoms with Crippen LogP contribution in [0.4, 0.5) is 13.2 Å². The molecule has 152 valence electrons. The number of likely N-dealkylation sites (tertiary alicyclic amines) is 2. The lowest BCUT2D eigenvalue weighted by atomic mass is 9.98. The molecule has 1 aromatic rings. The van der Waals surface area contributed by atoms with Crippen LogP contribution in [0.3, 0.4) is 0 Å². The van der Waals surface area contributed by atoms with Crippen molar-refractivity contribution in [2.75, 3.05) is 26.7 Å². The molecule has 0 radical (unpaired) electrons. The third kappa shape index (κ3) is 4.00. The fourth-order valence-electron chi connectivity index (χ4n) is 4.50. The second kappa shape index (κ2) is 7.81. The van der Waals surface area contributed by atoms with E-state index in [2.05, 4.69) is 10.00 Å². The summed E-state index contributed by atoms with van der Waals surface area (Å²) in [6.45, 7) is 5.69. The lowest BCUT2D eigenvalue weighted by molar-refractivity contribution is -0.142. The van der Waals surface area contributed by atoms with Crippen LogP contribution in [0, 0.1) is 6.92 Å². The summed E-state index contributed by atoms with van der Waals surface area (Å²) in [5.41, 5.74) is -0.942. The van der Waals surface area contributed by atoms with E-state index in [0.717, 1.165) is 45.1 Å². The number of likely N-dealkylation sites (N-methyl/N-ethyl adjacent to an activating group) is 1. The molecule has 0 aliphatic carbocycles. The number of carbonyl (C=O) groups excluding carboxylic acids is 1. The number of aromatic nitrogens is 2. The van der Waals surface area contributed by atoms with Gasteiger partial charge >= 0.3 is 6.18 Å².